The molecule has 0 aromatic rings. The topological polar surface area (TPSA) is 75.6 Å². The summed E-state index contributed by atoms with van der Waals surface area (Å²) in [5, 5.41) is 8.11. The lowest BCUT2D eigenvalue weighted by molar-refractivity contribution is -0.140. The van der Waals surface area contributed by atoms with E-state index in [1.165, 1.54) is 12.4 Å². The molecule has 1 unspecified atom stereocenters. The second kappa shape index (κ2) is 11.1. The molecule has 0 saturated heterocycles. The number of hydrogen-bond donors (Lipinski definition) is 2. The van der Waals surface area contributed by atoms with Gasteiger partial charge in [-0.25, -0.2) is 5.48 Å². The zero-order valence-corrected chi connectivity index (χ0v) is 8.24. The second-order valence-electron chi connectivity index (χ2n) is 1.94. The van der Waals surface area contributed by atoms with Crippen molar-refractivity contribution >= 4 is 12.2 Å². The maximum Gasteiger partial charge on any atom is 0.272 e. The van der Waals surface area contributed by atoms with Gasteiger partial charge in [0.15, 0.2) is 0 Å². The van der Waals surface area contributed by atoms with Gasteiger partial charge in [-0.1, -0.05) is 13.8 Å². The van der Waals surface area contributed by atoms with Gasteiger partial charge in [0.25, 0.3) is 5.91 Å². The molecular weight excluding hydrogens is 174 g/mol. The molecule has 1 atom stereocenters. The van der Waals surface area contributed by atoms with Crippen molar-refractivity contribution in [3.63, 3.8) is 0 Å². The van der Waals surface area contributed by atoms with Gasteiger partial charge < -0.3 is 9.53 Å². The van der Waals surface area contributed by atoms with Gasteiger partial charge in [0.2, 0.25) is 0 Å². The summed E-state index contributed by atoms with van der Waals surface area (Å²) in [5.41, 5.74) is 1.44. The standard InChI is InChI=1S/C6H11NO4.C2H6/c1-5(6(9)7-10)11-4-2-3-8;1-2/h3,5,10H,2,4H2,1H3,(H,7,9);1-2H3. The number of carbonyl (C=O) groups is 2. The minimum atomic E-state index is -0.722. The largest absolute Gasteiger partial charge is 0.368 e. The van der Waals surface area contributed by atoms with E-state index in [-0.39, 0.29) is 13.0 Å². The Labute approximate surface area is 78.0 Å². The van der Waals surface area contributed by atoms with E-state index in [9.17, 15) is 9.59 Å². The molecule has 0 aromatic carbocycles. The van der Waals surface area contributed by atoms with E-state index in [0.29, 0.717) is 6.29 Å². The highest BCUT2D eigenvalue weighted by Gasteiger charge is 2.10. The van der Waals surface area contributed by atoms with Crippen LogP contribution in [-0.2, 0) is 14.3 Å². The van der Waals surface area contributed by atoms with Crippen LogP contribution < -0.4 is 5.48 Å². The fourth-order valence-electron chi connectivity index (χ4n) is 0.460. The molecule has 0 radical (unpaired) electrons. The van der Waals surface area contributed by atoms with Crippen molar-refractivity contribution in [2.75, 3.05) is 6.61 Å². The summed E-state index contributed by atoms with van der Waals surface area (Å²) < 4.78 is 4.83. The first-order chi connectivity index (χ1) is 6.22. The van der Waals surface area contributed by atoms with E-state index in [4.69, 9.17) is 9.94 Å². The quantitative estimate of drug-likeness (QED) is 0.287. The number of aldehydes is 1. The molecule has 0 aliphatic heterocycles. The smallest absolute Gasteiger partial charge is 0.272 e. The molecule has 5 nitrogen and oxygen atoms in total. The van der Waals surface area contributed by atoms with E-state index in [1.807, 2.05) is 13.8 Å². The highest BCUT2D eigenvalue weighted by atomic mass is 16.5. The number of ether oxygens (including phenoxy) is 1. The molecule has 0 bridgehead atoms. The second-order valence-corrected chi connectivity index (χ2v) is 1.94. The highest BCUT2D eigenvalue weighted by Crippen LogP contribution is 1.90. The van der Waals surface area contributed by atoms with Crippen LogP contribution in [0.4, 0.5) is 0 Å². The molecule has 0 spiro atoms. The van der Waals surface area contributed by atoms with Crippen molar-refractivity contribution in [1.29, 1.82) is 0 Å². The van der Waals surface area contributed by atoms with Crippen LogP contribution >= 0.6 is 0 Å². The fourth-order valence-corrected chi connectivity index (χ4v) is 0.460. The van der Waals surface area contributed by atoms with E-state index < -0.39 is 12.0 Å². The fraction of sp³-hybridized carbons (Fsp3) is 0.750. The molecule has 0 rings (SSSR count). The summed E-state index contributed by atoms with van der Waals surface area (Å²) in [4.78, 5) is 20.3. The first-order valence-electron chi connectivity index (χ1n) is 4.21. The molecule has 0 heterocycles. The van der Waals surface area contributed by atoms with E-state index in [2.05, 4.69) is 0 Å². The van der Waals surface area contributed by atoms with Crippen LogP contribution in [0.15, 0.2) is 0 Å². The van der Waals surface area contributed by atoms with E-state index >= 15 is 0 Å². The summed E-state index contributed by atoms with van der Waals surface area (Å²) in [5.74, 6) is -0.615. The lowest BCUT2D eigenvalue weighted by Gasteiger charge is -2.08. The third-order valence-electron chi connectivity index (χ3n) is 1.08. The van der Waals surface area contributed by atoms with Crippen LogP contribution in [0.1, 0.15) is 27.2 Å². The molecule has 0 aliphatic rings. The number of carbonyl (C=O) groups excluding carboxylic acids is 2. The molecular formula is C8H17NO4. The minimum absolute atomic E-state index is 0.193. The maximum atomic E-state index is 10.5. The van der Waals surface area contributed by atoms with Crippen LogP contribution in [0.25, 0.3) is 0 Å². The Bertz CT molecular complexity index is 138. The Morgan fingerprint density at radius 2 is 2.15 bits per heavy atom. The maximum absolute atomic E-state index is 10.5. The molecule has 0 fully saturated rings. The Hall–Kier alpha value is -0.940. The Balaban J connectivity index is 0. The molecule has 2 N–H and O–H groups in total. The third-order valence-corrected chi connectivity index (χ3v) is 1.08. The summed E-state index contributed by atoms with van der Waals surface area (Å²) in [6.45, 7) is 5.68. The molecule has 5 heteroatoms. The van der Waals surface area contributed by atoms with Gasteiger partial charge in [-0.05, 0) is 6.92 Å². The van der Waals surface area contributed by atoms with Gasteiger partial charge in [0, 0.05) is 6.42 Å². The first kappa shape index (κ1) is 14.6. The SMILES string of the molecule is CC.CC(OCCC=O)C(=O)NO. The van der Waals surface area contributed by atoms with Gasteiger partial charge in [-0.2, -0.15) is 0 Å². The van der Waals surface area contributed by atoms with Gasteiger partial charge in [-0.15, -0.1) is 0 Å². The predicted molar refractivity (Wildman–Crippen MR) is 47.4 cm³/mol. The average molecular weight is 191 g/mol. The van der Waals surface area contributed by atoms with Crippen LogP contribution in [0.5, 0.6) is 0 Å². The summed E-state index contributed by atoms with van der Waals surface area (Å²) in [6.07, 6.45) is 0.229. The van der Waals surface area contributed by atoms with Gasteiger partial charge >= 0.3 is 0 Å². The Kier molecular flexibility index (Phi) is 12.4. The van der Waals surface area contributed by atoms with E-state index in [1.54, 1.807) is 0 Å². The lowest BCUT2D eigenvalue weighted by atomic mass is 10.4. The van der Waals surface area contributed by atoms with Crippen LogP contribution in [0.3, 0.4) is 0 Å². The van der Waals surface area contributed by atoms with Crippen LogP contribution in [0.2, 0.25) is 0 Å². The number of rotatable bonds is 5. The average Bonchev–Trinajstić information content (AvgIpc) is 2.20. The molecule has 13 heavy (non-hydrogen) atoms. The Morgan fingerprint density at radius 3 is 2.54 bits per heavy atom. The zero-order valence-electron chi connectivity index (χ0n) is 8.24. The third kappa shape index (κ3) is 8.97. The van der Waals surface area contributed by atoms with Crippen molar-refractivity contribution in [3.8, 4) is 0 Å². The van der Waals surface area contributed by atoms with Crippen molar-refractivity contribution in [3.05, 3.63) is 0 Å². The van der Waals surface area contributed by atoms with Crippen molar-refractivity contribution in [1.82, 2.24) is 5.48 Å². The highest BCUT2D eigenvalue weighted by molar-refractivity contribution is 5.79. The number of hydroxylamine groups is 1. The van der Waals surface area contributed by atoms with Gasteiger partial charge in [0.1, 0.15) is 12.4 Å². The first-order valence-corrected chi connectivity index (χ1v) is 4.21. The molecule has 1 amide bonds. The van der Waals surface area contributed by atoms with Gasteiger partial charge in [0.05, 0.1) is 6.61 Å². The van der Waals surface area contributed by atoms with Gasteiger partial charge in [-0.3, -0.25) is 10.0 Å². The summed E-state index contributed by atoms with van der Waals surface area (Å²) in [6, 6.07) is 0. The number of amides is 1. The predicted octanol–water partition coefficient (Wildman–Crippen LogP) is 0.512. The lowest BCUT2D eigenvalue weighted by Crippen LogP contribution is -2.32. The molecule has 0 saturated carbocycles. The minimum Gasteiger partial charge on any atom is -0.368 e. The number of nitrogens with one attached hydrogen (secondary N) is 1. The summed E-state index contributed by atoms with van der Waals surface area (Å²) in [7, 11) is 0. The van der Waals surface area contributed by atoms with Crippen molar-refractivity contribution in [2.24, 2.45) is 0 Å². The Morgan fingerprint density at radius 1 is 1.62 bits per heavy atom. The normalized spacial score (nSPS) is 10.8. The van der Waals surface area contributed by atoms with E-state index in [0.717, 1.165) is 0 Å². The summed E-state index contributed by atoms with van der Waals surface area (Å²) >= 11 is 0. The van der Waals surface area contributed by atoms with Crippen molar-refractivity contribution < 1.29 is 19.5 Å². The molecule has 0 aromatic heterocycles. The van der Waals surface area contributed by atoms with Crippen LogP contribution in [-0.4, -0.2) is 30.1 Å². The number of hydrogen-bond acceptors (Lipinski definition) is 4. The van der Waals surface area contributed by atoms with Crippen molar-refractivity contribution in [2.45, 2.75) is 33.3 Å². The van der Waals surface area contributed by atoms with Crippen LogP contribution in [0, 0.1) is 0 Å². The zero-order chi connectivity index (χ0) is 10.7. The molecule has 0 aliphatic carbocycles. The molecule has 78 valence electrons. The monoisotopic (exact) mass is 191 g/mol.